The lowest BCUT2D eigenvalue weighted by atomic mass is 9.99. The Morgan fingerprint density at radius 3 is 3.00 bits per heavy atom. The van der Waals surface area contributed by atoms with Gasteiger partial charge in [0.05, 0.1) is 0 Å². The lowest BCUT2D eigenvalue weighted by molar-refractivity contribution is 0.150. The first-order valence-electron chi connectivity index (χ1n) is 4.87. The summed E-state index contributed by atoms with van der Waals surface area (Å²) >= 11 is 0. The van der Waals surface area contributed by atoms with Gasteiger partial charge in [0.25, 0.3) is 0 Å². The molecule has 0 radical (unpaired) electrons. The SMILES string of the molecule is CN(C[C@@H](N)CC1CCOC1)C(=O)O. The van der Waals surface area contributed by atoms with Gasteiger partial charge < -0.3 is 20.5 Å². The molecule has 1 aliphatic heterocycles. The van der Waals surface area contributed by atoms with Crippen molar-refractivity contribution in [2.24, 2.45) is 11.7 Å². The zero-order chi connectivity index (χ0) is 10.6. The van der Waals surface area contributed by atoms with Crippen molar-refractivity contribution >= 4 is 6.09 Å². The lowest BCUT2D eigenvalue weighted by Crippen LogP contribution is -2.39. The van der Waals surface area contributed by atoms with E-state index in [4.69, 9.17) is 15.6 Å². The molecule has 2 atom stereocenters. The van der Waals surface area contributed by atoms with Crippen LogP contribution in [-0.2, 0) is 4.74 Å². The van der Waals surface area contributed by atoms with Crippen LogP contribution in [0, 0.1) is 5.92 Å². The molecule has 1 rings (SSSR count). The summed E-state index contributed by atoms with van der Waals surface area (Å²) in [4.78, 5) is 11.7. The molecular formula is C9H18N2O3. The molecule has 1 fully saturated rings. The molecule has 0 spiro atoms. The molecule has 1 aliphatic rings. The molecule has 0 aromatic heterocycles. The average molecular weight is 202 g/mol. The average Bonchev–Trinajstić information content (AvgIpc) is 2.56. The summed E-state index contributed by atoms with van der Waals surface area (Å²) in [5.41, 5.74) is 5.83. The maximum Gasteiger partial charge on any atom is 0.407 e. The van der Waals surface area contributed by atoms with E-state index in [1.807, 2.05) is 0 Å². The van der Waals surface area contributed by atoms with Gasteiger partial charge in [0.1, 0.15) is 0 Å². The monoisotopic (exact) mass is 202 g/mol. The van der Waals surface area contributed by atoms with E-state index in [9.17, 15) is 4.79 Å². The van der Waals surface area contributed by atoms with E-state index in [1.54, 1.807) is 0 Å². The number of carbonyl (C=O) groups is 1. The van der Waals surface area contributed by atoms with Gasteiger partial charge in [-0.05, 0) is 18.8 Å². The van der Waals surface area contributed by atoms with Gasteiger partial charge >= 0.3 is 6.09 Å². The van der Waals surface area contributed by atoms with E-state index in [-0.39, 0.29) is 6.04 Å². The molecule has 0 aliphatic carbocycles. The summed E-state index contributed by atoms with van der Waals surface area (Å²) in [6, 6.07) is -0.0807. The van der Waals surface area contributed by atoms with Crippen LogP contribution in [0.4, 0.5) is 4.79 Å². The topological polar surface area (TPSA) is 75.8 Å². The second-order valence-electron chi connectivity index (χ2n) is 3.89. The highest BCUT2D eigenvalue weighted by Crippen LogP contribution is 2.17. The van der Waals surface area contributed by atoms with Crippen molar-refractivity contribution in [3.63, 3.8) is 0 Å². The van der Waals surface area contributed by atoms with Crippen LogP contribution in [0.5, 0.6) is 0 Å². The molecule has 0 saturated carbocycles. The maximum absolute atomic E-state index is 10.5. The van der Waals surface area contributed by atoms with Crippen molar-refractivity contribution in [2.75, 3.05) is 26.8 Å². The van der Waals surface area contributed by atoms with Gasteiger partial charge in [-0.2, -0.15) is 0 Å². The highest BCUT2D eigenvalue weighted by atomic mass is 16.5. The van der Waals surface area contributed by atoms with E-state index in [2.05, 4.69) is 0 Å². The Hall–Kier alpha value is -0.810. The molecule has 5 nitrogen and oxygen atoms in total. The Morgan fingerprint density at radius 1 is 1.79 bits per heavy atom. The Morgan fingerprint density at radius 2 is 2.50 bits per heavy atom. The predicted octanol–water partition coefficient (Wildman–Crippen LogP) is 0.350. The molecule has 14 heavy (non-hydrogen) atoms. The number of amides is 1. The summed E-state index contributed by atoms with van der Waals surface area (Å²) in [6.07, 6.45) is 0.963. The molecule has 82 valence electrons. The summed E-state index contributed by atoms with van der Waals surface area (Å²) in [6.45, 7) is 1.97. The highest BCUT2D eigenvalue weighted by Gasteiger charge is 2.20. The van der Waals surface area contributed by atoms with E-state index in [1.165, 1.54) is 11.9 Å². The number of ether oxygens (including phenoxy) is 1. The Bertz CT molecular complexity index is 192. The first kappa shape index (κ1) is 11.3. The first-order valence-corrected chi connectivity index (χ1v) is 4.87. The summed E-state index contributed by atoms with van der Waals surface area (Å²) < 4.78 is 5.22. The molecule has 1 unspecified atom stereocenters. The van der Waals surface area contributed by atoms with Crippen molar-refractivity contribution in [1.82, 2.24) is 4.90 Å². The molecule has 1 saturated heterocycles. The van der Waals surface area contributed by atoms with Crippen molar-refractivity contribution in [3.05, 3.63) is 0 Å². The van der Waals surface area contributed by atoms with E-state index < -0.39 is 6.09 Å². The lowest BCUT2D eigenvalue weighted by Gasteiger charge is -2.20. The Balaban J connectivity index is 2.20. The summed E-state index contributed by atoms with van der Waals surface area (Å²) in [5, 5.41) is 8.64. The van der Waals surface area contributed by atoms with E-state index in [0.29, 0.717) is 12.5 Å². The standard InChI is InChI=1S/C9H18N2O3/c1-11(9(12)13)5-8(10)4-7-2-3-14-6-7/h7-8H,2-6,10H2,1H3,(H,12,13)/t7?,8-/m0/s1. The quantitative estimate of drug-likeness (QED) is 0.689. The van der Waals surface area contributed by atoms with Crippen LogP contribution in [0.1, 0.15) is 12.8 Å². The minimum absolute atomic E-state index is 0.0807. The fourth-order valence-electron chi connectivity index (χ4n) is 1.70. The molecule has 1 heterocycles. The maximum atomic E-state index is 10.5. The minimum Gasteiger partial charge on any atom is -0.465 e. The van der Waals surface area contributed by atoms with Crippen LogP contribution in [0.2, 0.25) is 0 Å². The predicted molar refractivity (Wildman–Crippen MR) is 52.2 cm³/mol. The Labute approximate surface area is 83.8 Å². The van der Waals surface area contributed by atoms with Crippen LogP contribution in [-0.4, -0.2) is 48.9 Å². The van der Waals surface area contributed by atoms with Gasteiger partial charge in [0.15, 0.2) is 0 Å². The van der Waals surface area contributed by atoms with E-state index >= 15 is 0 Å². The van der Waals surface area contributed by atoms with Crippen molar-refractivity contribution in [1.29, 1.82) is 0 Å². The number of rotatable bonds is 4. The number of likely N-dealkylation sites (N-methyl/N-ethyl adjacent to an activating group) is 1. The second kappa shape index (κ2) is 5.17. The van der Waals surface area contributed by atoms with Gasteiger partial charge in [-0.25, -0.2) is 4.79 Å². The first-order chi connectivity index (χ1) is 6.59. The van der Waals surface area contributed by atoms with Crippen LogP contribution in [0.15, 0.2) is 0 Å². The summed E-state index contributed by atoms with van der Waals surface area (Å²) in [5.74, 6) is 0.507. The fourth-order valence-corrected chi connectivity index (χ4v) is 1.70. The van der Waals surface area contributed by atoms with Gasteiger partial charge in [0, 0.05) is 32.8 Å². The number of carboxylic acid groups (broad SMARTS) is 1. The van der Waals surface area contributed by atoms with Crippen LogP contribution < -0.4 is 5.73 Å². The van der Waals surface area contributed by atoms with Gasteiger partial charge in [-0.15, -0.1) is 0 Å². The fraction of sp³-hybridized carbons (Fsp3) is 0.889. The smallest absolute Gasteiger partial charge is 0.407 e. The molecule has 1 amide bonds. The zero-order valence-electron chi connectivity index (χ0n) is 8.48. The zero-order valence-corrected chi connectivity index (χ0v) is 8.48. The van der Waals surface area contributed by atoms with Crippen molar-refractivity contribution < 1.29 is 14.6 Å². The van der Waals surface area contributed by atoms with E-state index in [0.717, 1.165) is 26.1 Å². The number of hydrogen-bond acceptors (Lipinski definition) is 3. The van der Waals surface area contributed by atoms with Gasteiger partial charge in [0.2, 0.25) is 0 Å². The number of nitrogens with two attached hydrogens (primary N) is 1. The molecule has 0 bridgehead atoms. The van der Waals surface area contributed by atoms with Crippen molar-refractivity contribution in [3.8, 4) is 0 Å². The van der Waals surface area contributed by atoms with Crippen LogP contribution in [0.25, 0.3) is 0 Å². The van der Waals surface area contributed by atoms with Gasteiger partial charge in [-0.1, -0.05) is 0 Å². The third-order valence-electron chi connectivity index (χ3n) is 2.49. The normalized spacial score (nSPS) is 23.4. The molecular weight excluding hydrogens is 184 g/mol. The highest BCUT2D eigenvalue weighted by molar-refractivity contribution is 5.64. The molecule has 5 heteroatoms. The van der Waals surface area contributed by atoms with Crippen molar-refractivity contribution in [2.45, 2.75) is 18.9 Å². The molecule has 0 aromatic carbocycles. The molecule has 0 aromatic rings. The minimum atomic E-state index is -0.928. The van der Waals surface area contributed by atoms with Crippen LogP contribution >= 0.6 is 0 Å². The Kier molecular flexibility index (Phi) is 4.16. The largest absolute Gasteiger partial charge is 0.465 e. The molecule has 3 N–H and O–H groups in total. The van der Waals surface area contributed by atoms with Gasteiger partial charge in [-0.3, -0.25) is 0 Å². The summed E-state index contributed by atoms with van der Waals surface area (Å²) in [7, 11) is 1.54. The number of hydrogen-bond donors (Lipinski definition) is 2. The third kappa shape index (κ3) is 3.51. The number of nitrogens with zero attached hydrogens (tertiary/aromatic N) is 1. The third-order valence-corrected chi connectivity index (χ3v) is 2.49. The van der Waals surface area contributed by atoms with Crippen LogP contribution in [0.3, 0.4) is 0 Å². The second-order valence-corrected chi connectivity index (χ2v) is 3.89.